The molecule has 1 heterocycles. The largest absolute Gasteiger partial charge is 0.309 e. The maximum atomic E-state index is 11.6. The normalized spacial score (nSPS) is 21.6. The first kappa shape index (κ1) is 14.9. The van der Waals surface area contributed by atoms with E-state index < -0.39 is 14.8 Å². The first-order chi connectivity index (χ1) is 9.39. The van der Waals surface area contributed by atoms with E-state index in [9.17, 15) is 18.5 Å². The third-order valence-electron chi connectivity index (χ3n) is 3.66. The SMILES string of the molecule is Cc1c(CNC2CCCS(=O)(=O)C2)cccc1[N+](=O)[O-]. The summed E-state index contributed by atoms with van der Waals surface area (Å²) in [5.41, 5.74) is 1.56. The molecular weight excluding hydrogens is 280 g/mol. The Hall–Kier alpha value is -1.47. The van der Waals surface area contributed by atoms with Crippen molar-refractivity contribution in [3.63, 3.8) is 0 Å². The van der Waals surface area contributed by atoms with Gasteiger partial charge in [-0.2, -0.15) is 0 Å². The summed E-state index contributed by atoms with van der Waals surface area (Å²) in [4.78, 5) is 10.5. The summed E-state index contributed by atoms with van der Waals surface area (Å²) in [6.45, 7) is 2.17. The van der Waals surface area contributed by atoms with Gasteiger partial charge in [0.05, 0.1) is 16.4 Å². The zero-order chi connectivity index (χ0) is 14.8. The van der Waals surface area contributed by atoms with Gasteiger partial charge in [-0.25, -0.2) is 8.42 Å². The lowest BCUT2D eigenvalue weighted by Crippen LogP contribution is -2.39. The van der Waals surface area contributed by atoms with Crippen molar-refractivity contribution in [2.24, 2.45) is 0 Å². The van der Waals surface area contributed by atoms with Crippen LogP contribution in [0.15, 0.2) is 18.2 Å². The molecule has 0 bridgehead atoms. The number of nitrogens with zero attached hydrogens (tertiary/aromatic N) is 1. The molecule has 1 atom stereocenters. The highest BCUT2D eigenvalue weighted by Crippen LogP contribution is 2.21. The molecule has 0 saturated carbocycles. The molecule has 1 aromatic carbocycles. The van der Waals surface area contributed by atoms with Crippen LogP contribution in [0.25, 0.3) is 0 Å². The van der Waals surface area contributed by atoms with Gasteiger partial charge >= 0.3 is 0 Å². The lowest BCUT2D eigenvalue weighted by atomic mass is 10.1. The highest BCUT2D eigenvalue weighted by molar-refractivity contribution is 7.91. The molecule has 0 aromatic heterocycles. The summed E-state index contributed by atoms with van der Waals surface area (Å²) in [5.74, 6) is 0.419. The molecule has 0 aliphatic carbocycles. The number of sulfone groups is 1. The Balaban J connectivity index is 2.04. The Labute approximate surface area is 118 Å². The second kappa shape index (κ2) is 5.88. The monoisotopic (exact) mass is 298 g/mol. The van der Waals surface area contributed by atoms with Crippen molar-refractivity contribution in [3.05, 3.63) is 39.4 Å². The summed E-state index contributed by atoms with van der Waals surface area (Å²) in [7, 11) is -2.94. The Morgan fingerprint density at radius 2 is 2.20 bits per heavy atom. The van der Waals surface area contributed by atoms with E-state index in [1.54, 1.807) is 13.0 Å². The molecule has 0 radical (unpaired) electrons. The van der Waals surface area contributed by atoms with Gasteiger partial charge in [0.15, 0.2) is 9.84 Å². The minimum Gasteiger partial charge on any atom is -0.309 e. The highest BCUT2D eigenvalue weighted by Gasteiger charge is 2.24. The summed E-state index contributed by atoms with van der Waals surface area (Å²) < 4.78 is 23.1. The minimum absolute atomic E-state index is 0.0626. The fourth-order valence-electron chi connectivity index (χ4n) is 2.50. The third-order valence-corrected chi connectivity index (χ3v) is 5.48. The number of hydrogen-bond donors (Lipinski definition) is 1. The van der Waals surface area contributed by atoms with Crippen LogP contribution in [-0.4, -0.2) is 30.9 Å². The number of nitro benzene ring substituents is 1. The molecule has 0 amide bonds. The molecule has 20 heavy (non-hydrogen) atoms. The van der Waals surface area contributed by atoms with Gasteiger partial charge in [0, 0.05) is 24.2 Å². The smallest absolute Gasteiger partial charge is 0.272 e. The quantitative estimate of drug-likeness (QED) is 0.673. The maximum absolute atomic E-state index is 11.6. The van der Waals surface area contributed by atoms with E-state index in [0.29, 0.717) is 18.5 Å². The second-order valence-corrected chi connectivity index (χ2v) is 7.38. The van der Waals surface area contributed by atoms with Crippen LogP contribution in [0.4, 0.5) is 5.69 Å². The predicted octanol–water partition coefficient (Wildman–Crippen LogP) is 1.57. The zero-order valence-electron chi connectivity index (χ0n) is 11.3. The fourth-order valence-corrected chi connectivity index (χ4v) is 4.17. The van der Waals surface area contributed by atoms with Crippen molar-refractivity contribution in [2.75, 3.05) is 11.5 Å². The number of hydrogen-bond acceptors (Lipinski definition) is 5. The third kappa shape index (κ3) is 3.55. The van der Waals surface area contributed by atoms with Gasteiger partial charge in [-0.1, -0.05) is 12.1 Å². The average Bonchev–Trinajstić information content (AvgIpc) is 2.36. The molecule has 6 nitrogen and oxygen atoms in total. The molecule has 1 aliphatic heterocycles. The minimum atomic E-state index is -2.94. The Morgan fingerprint density at radius 3 is 2.85 bits per heavy atom. The van der Waals surface area contributed by atoms with Gasteiger partial charge in [0.1, 0.15) is 0 Å². The van der Waals surface area contributed by atoms with Gasteiger partial charge in [0.2, 0.25) is 0 Å². The average molecular weight is 298 g/mol. The van der Waals surface area contributed by atoms with E-state index >= 15 is 0 Å². The fraction of sp³-hybridized carbons (Fsp3) is 0.538. The van der Waals surface area contributed by atoms with Crippen molar-refractivity contribution in [3.8, 4) is 0 Å². The molecule has 7 heteroatoms. The molecule has 1 fully saturated rings. The molecule has 2 rings (SSSR count). The standard InChI is InChI=1S/C13H18N2O4S/c1-10-11(4-2-6-13(10)15(16)17)8-14-12-5-3-7-20(18,19)9-12/h2,4,6,12,14H,3,5,7-9H2,1H3. The second-order valence-electron chi connectivity index (χ2n) is 5.15. The lowest BCUT2D eigenvalue weighted by Gasteiger charge is -2.23. The Kier molecular flexibility index (Phi) is 4.39. The maximum Gasteiger partial charge on any atom is 0.272 e. The number of benzene rings is 1. The topological polar surface area (TPSA) is 89.3 Å². The molecule has 1 aliphatic rings. The van der Waals surface area contributed by atoms with Crippen molar-refractivity contribution in [1.29, 1.82) is 0 Å². The van der Waals surface area contributed by atoms with Gasteiger partial charge in [0.25, 0.3) is 5.69 Å². The summed E-state index contributed by atoms with van der Waals surface area (Å²) in [6.07, 6.45) is 1.50. The van der Waals surface area contributed by atoms with Gasteiger partial charge < -0.3 is 5.32 Å². The zero-order valence-corrected chi connectivity index (χ0v) is 12.1. The molecule has 110 valence electrons. The Bertz CT molecular complexity index is 613. The first-order valence-electron chi connectivity index (χ1n) is 6.56. The highest BCUT2D eigenvalue weighted by atomic mass is 32.2. The van der Waals surface area contributed by atoms with Crippen molar-refractivity contribution in [1.82, 2.24) is 5.32 Å². The number of nitrogens with one attached hydrogen (secondary N) is 1. The van der Waals surface area contributed by atoms with Crippen molar-refractivity contribution < 1.29 is 13.3 Å². The van der Waals surface area contributed by atoms with Crippen LogP contribution in [0.5, 0.6) is 0 Å². The van der Waals surface area contributed by atoms with E-state index in [4.69, 9.17) is 0 Å². The van der Waals surface area contributed by atoms with Crippen LogP contribution in [0.1, 0.15) is 24.0 Å². The molecule has 0 spiro atoms. The van der Waals surface area contributed by atoms with Crippen molar-refractivity contribution >= 4 is 15.5 Å². The predicted molar refractivity (Wildman–Crippen MR) is 76.3 cm³/mol. The van der Waals surface area contributed by atoms with Crippen LogP contribution in [-0.2, 0) is 16.4 Å². The molecular formula is C13H18N2O4S. The van der Waals surface area contributed by atoms with Crippen molar-refractivity contribution in [2.45, 2.75) is 32.4 Å². The van der Waals surface area contributed by atoms with Gasteiger partial charge in [-0.15, -0.1) is 0 Å². The van der Waals surface area contributed by atoms with Crippen LogP contribution < -0.4 is 5.32 Å². The lowest BCUT2D eigenvalue weighted by molar-refractivity contribution is -0.385. The summed E-state index contributed by atoms with van der Waals surface area (Å²) >= 11 is 0. The van der Waals surface area contributed by atoms with E-state index in [1.807, 2.05) is 6.07 Å². The van der Waals surface area contributed by atoms with E-state index in [1.165, 1.54) is 6.07 Å². The van der Waals surface area contributed by atoms with Gasteiger partial charge in [-0.3, -0.25) is 10.1 Å². The first-order valence-corrected chi connectivity index (χ1v) is 8.38. The Morgan fingerprint density at radius 1 is 1.45 bits per heavy atom. The number of rotatable bonds is 4. The molecule has 1 aromatic rings. The van der Waals surface area contributed by atoms with Crippen LogP contribution in [0.3, 0.4) is 0 Å². The van der Waals surface area contributed by atoms with E-state index in [2.05, 4.69) is 5.32 Å². The molecule has 1 unspecified atom stereocenters. The van der Waals surface area contributed by atoms with Gasteiger partial charge in [-0.05, 0) is 25.3 Å². The van der Waals surface area contributed by atoms with Crippen LogP contribution in [0, 0.1) is 17.0 Å². The molecule has 1 saturated heterocycles. The molecule has 1 N–H and O–H groups in total. The van der Waals surface area contributed by atoms with Crippen LogP contribution >= 0.6 is 0 Å². The van der Waals surface area contributed by atoms with Crippen LogP contribution in [0.2, 0.25) is 0 Å². The number of nitro groups is 1. The van der Waals surface area contributed by atoms with E-state index in [-0.39, 0.29) is 23.2 Å². The summed E-state index contributed by atoms with van der Waals surface area (Å²) in [6, 6.07) is 4.89. The summed E-state index contributed by atoms with van der Waals surface area (Å²) in [5, 5.41) is 14.1. The van der Waals surface area contributed by atoms with E-state index in [0.717, 1.165) is 12.0 Å².